The molecule has 0 aliphatic heterocycles. The van der Waals surface area contributed by atoms with Gasteiger partial charge in [0, 0.05) is 36.0 Å². The Morgan fingerprint density at radius 2 is 1.83 bits per heavy atom. The molecular formula is C12H20IN3OS. The van der Waals surface area contributed by atoms with E-state index in [4.69, 9.17) is 5.73 Å². The van der Waals surface area contributed by atoms with Crippen LogP contribution < -0.4 is 5.73 Å². The molecule has 18 heavy (non-hydrogen) atoms. The van der Waals surface area contributed by atoms with E-state index < -0.39 is 10.8 Å². The monoisotopic (exact) mass is 381 g/mol. The SMILES string of the molecule is CC(N=C(N)N(C)C)c1ccc(S(C)=O)cc1.I. The van der Waals surface area contributed by atoms with Gasteiger partial charge in [0.25, 0.3) is 0 Å². The van der Waals surface area contributed by atoms with Crippen molar-refractivity contribution in [2.45, 2.75) is 17.9 Å². The van der Waals surface area contributed by atoms with Crippen molar-refractivity contribution in [1.82, 2.24) is 4.90 Å². The number of nitrogens with zero attached hydrogens (tertiary/aromatic N) is 2. The van der Waals surface area contributed by atoms with E-state index in [1.807, 2.05) is 45.3 Å². The van der Waals surface area contributed by atoms with Gasteiger partial charge >= 0.3 is 0 Å². The number of rotatable bonds is 3. The third kappa shape index (κ3) is 4.93. The molecule has 2 N–H and O–H groups in total. The molecule has 0 fully saturated rings. The zero-order chi connectivity index (χ0) is 13.0. The van der Waals surface area contributed by atoms with Gasteiger partial charge in [-0.3, -0.25) is 4.21 Å². The maximum Gasteiger partial charge on any atom is 0.191 e. The average Bonchev–Trinajstić information content (AvgIpc) is 2.28. The van der Waals surface area contributed by atoms with Gasteiger partial charge < -0.3 is 10.6 Å². The predicted molar refractivity (Wildman–Crippen MR) is 87.9 cm³/mol. The summed E-state index contributed by atoms with van der Waals surface area (Å²) in [5.41, 5.74) is 6.82. The summed E-state index contributed by atoms with van der Waals surface area (Å²) in [6, 6.07) is 7.60. The van der Waals surface area contributed by atoms with Crippen LogP contribution in [0.4, 0.5) is 0 Å². The van der Waals surface area contributed by atoms with Gasteiger partial charge in [0.05, 0.1) is 6.04 Å². The second-order valence-corrected chi connectivity index (χ2v) is 5.46. The lowest BCUT2D eigenvalue weighted by molar-refractivity contribution is 0.601. The van der Waals surface area contributed by atoms with Crippen molar-refractivity contribution < 1.29 is 4.21 Å². The fourth-order valence-corrected chi connectivity index (χ4v) is 1.85. The van der Waals surface area contributed by atoms with Crippen molar-refractivity contribution in [2.75, 3.05) is 20.4 Å². The molecule has 0 spiro atoms. The predicted octanol–water partition coefficient (Wildman–Crippen LogP) is 1.98. The van der Waals surface area contributed by atoms with E-state index in [-0.39, 0.29) is 30.0 Å². The van der Waals surface area contributed by atoms with Crippen LogP contribution in [0.5, 0.6) is 0 Å². The van der Waals surface area contributed by atoms with E-state index >= 15 is 0 Å². The molecule has 1 aromatic rings. The number of benzene rings is 1. The number of halogens is 1. The summed E-state index contributed by atoms with van der Waals surface area (Å²) in [5, 5.41) is 0. The quantitative estimate of drug-likeness (QED) is 0.495. The van der Waals surface area contributed by atoms with Crippen LogP contribution >= 0.6 is 24.0 Å². The molecule has 0 aliphatic rings. The highest BCUT2D eigenvalue weighted by atomic mass is 127. The second kappa shape index (κ2) is 7.73. The largest absolute Gasteiger partial charge is 0.370 e. The Balaban J connectivity index is 0.00000289. The third-order valence-electron chi connectivity index (χ3n) is 2.48. The topological polar surface area (TPSA) is 58.7 Å². The minimum Gasteiger partial charge on any atom is -0.370 e. The molecule has 0 amide bonds. The first-order chi connectivity index (χ1) is 7.91. The molecule has 102 valence electrons. The minimum absolute atomic E-state index is 0. The van der Waals surface area contributed by atoms with Crippen LogP contribution in [0, 0.1) is 0 Å². The molecule has 0 bridgehead atoms. The van der Waals surface area contributed by atoms with Crippen molar-refractivity contribution in [3.05, 3.63) is 29.8 Å². The van der Waals surface area contributed by atoms with Crippen LogP contribution in [0.1, 0.15) is 18.5 Å². The number of aliphatic imine (C=N–C) groups is 1. The smallest absolute Gasteiger partial charge is 0.191 e. The van der Waals surface area contributed by atoms with Gasteiger partial charge in [-0.05, 0) is 24.6 Å². The number of guanidine groups is 1. The Morgan fingerprint density at radius 1 is 1.33 bits per heavy atom. The van der Waals surface area contributed by atoms with Gasteiger partial charge in [0.15, 0.2) is 5.96 Å². The van der Waals surface area contributed by atoms with Gasteiger partial charge in [0.2, 0.25) is 0 Å². The van der Waals surface area contributed by atoms with E-state index in [1.54, 1.807) is 11.2 Å². The van der Waals surface area contributed by atoms with Crippen molar-refractivity contribution in [3.8, 4) is 0 Å². The first kappa shape index (κ1) is 17.4. The fourth-order valence-electron chi connectivity index (χ4n) is 1.33. The molecule has 2 atom stereocenters. The number of hydrogen-bond donors (Lipinski definition) is 1. The molecule has 0 aromatic heterocycles. The van der Waals surface area contributed by atoms with Gasteiger partial charge in [-0.15, -0.1) is 24.0 Å². The summed E-state index contributed by atoms with van der Waals surface area (Å²) in [6.07, 6.45) is 1.67. The molecule has 0 saturated heterocycles. The Bertz CT molecular complexity index is 431. The Hall–Kier alpha value is -0.630. The molecule has 0 saturated carbocycles. The maximum absolute atomic E-state index is 11.3. The van der Waals surface area contributed by atoms with Crippen molar-refractivity contribution in [1.29, 1.82) is 0 Å². The van der Waals surface area contributed by atoms with Crippen LogP contribution in [0.2, 0.25) is 0 Å². The summed E-state index contributed by atoms with van der Waals surface area (Å²) in [7, 11) is 2.77. The maximum atomic E-state index is 11.3. The highest BCUT2D eigenvalue weighted by molar-refractivity contribution is 14.0. The third-order valence-corrected chi connectivity index (χ3v) is 3.41. The zero-order valence-electron chi connectivity index (χ0n) is 11.1. The van der Waals surface area contributed by atoms with Gasteiger partial charge in [0.1, 0.15) is 0 Å². The minimum atomic E-state index is -0.937. The Labute approximate surface area is 128 Å². The normalized spacial score (nSPS) is 14.6. The Kier molecular flexibility index (Phi) is 7.46. The van der Waals surface area contributed by atoms with E-state index in [9.17, 15) is 4.21 Å². The molecular weight excluding hydrogens is 361 g/mol. The molecule has 1 rings (SSSR count). The lowest BCUT2D eigenvalue weighted by Gasteiger charge is -2.14. The molecule has 6 heteroatoms. The first-order valence-corrected chi connectivity index (χ1v) is 6.91. The molecule has 2 unspecified atom stereocenters. The van der Waals surface area contributed by atoms with E-state index in [0.29, 0.717) is 5.96 Å². The molecule has 0 aliphatic carbocycles. The zero-order valence-corrected chi connectivity index (χ0v) is 14.2. The van der Waals surface area contributed by atoms with Crippen molar-refractivity contribution in [2.24, 2.45) is 10.7 Å². The average molecular weight is 381 g/mol. The fraction of sp³-hybridized carbons (Fsp3) is 0.417. The van der Waals surface area contributed by atoms with E-state index in [1.165, 1.54) is 0 Å². The molecule has 4 nitrogen and oxygen atoms in total. The number of nitrogens with two attached hydrogens (primary N) is 1. The van der Waals surface area contributed by atoms with Crippen LogP contribution in [-0.2, 0) is 10.8 Å². The summed E-state index contributed by atoms with van der Waals surface area (Å²) >= 11 is 0. The standard InChI is InChI=1S/C12H19N3OS.HI/c1-9(14-12(13)15(2)3)10-5-7-11(8-6-10)17(4)16;/h5-9H,1-4H3,(H2,13,14);1H. The Morgan fingerprint density at radius 3 is 2.22 bits per heavy atom. The van der Waals surface area contributed by atoms with E-state index in [2.05, 4.69) is 4.99 Å². The molecule has 1 aromatic carbocycles. The van der Waals surface area contributed by atoms with Crippen LogP contribution in [0.25, 0.3) is 0 Å². The van der Waals surface area contributed by atoms with Crippen LogP contribution in [0.3, 0.4) is 0 Å². The number of hydrogen-bond acceptors (Lipinski definition) is 2. The van der Waals surface area contributed by atoms with Crippen LogP contribution in [0.15, 0.2) is 34.2 Å². The molecule has 0 radical (unpaired) electrons. The van der Waals surface area contributed by atoms with Gasteiger partial charge in [-0.1, -0.05) is 12.1 Å². The first-order valence-electron chi connectivity index (χ1n) is 5.35. The van der Waals surface area contributed by atoms with Crippen molar-refractivity contribution in [3.63, 3.8) is 0 Å². The summed E-state index contributed by atoms with van der Waals surface area (Å²) < 4.78 is 11.3. The highest BCUT2D eigenvalue weighted by Gasteiger charge is 2.06. The summed E-state index contributed by atoms with van der Waals surface area (Å²) in [6.45, 7) is 1.98. The van der Waals surface area contributed by atoms with Crippen molar-refractivity contribution >= 4 is 40.7 Å². The molecule has 0 heterocycles. The van der Waals surface area contributed by atoms with Gasteiger partial charge in [-0.25, -0.2) is 4.99 Å². The summed E-state index contributed by atoms with van der Waals surface area (Å²) in [5.74, 6) is 0.501. The lowest BCUT2D eigenvalue weighted by Crippen LogP contribution is -2.30. The highest BCUT2D eigenvalue weighted by Crippen LogP contribution is 2.18. The lowest BCUT2D eigenvalue weighted by atomic mass is 10.1. The van der Waals surface area contributed by atoms with E-state index in [0.717, 1.165) is 10.5 Å². The van der Waals surface area contributed by atoms with Crippen LogP contribution in [-0.4, -0.2) is 35.4 Å². The van der Waals surface area contributed by atoms with Gasteiger partial charge in [-0.2, -0.15) is 0 Å². The second-order valence-electron chi connectivity index (χ2n) is 4.08. The summed E-state index contributed by atoms with van der Waals surface area (Å²) in [4.78, 5) is 6.96.